The fourth-order valence-electron chi connectivity index (χ4n) is 2.39. The van der Waals surface area contributed by atoms with Crippen LogP contribution in [-0.2, 0) is 9.53 Å². The summed E-state index contributed by atoms with van der Waals surface area (Å²) >= 11 is 5.84. The van der Waals surface area contributed by atoms with Gasteiger partial charge in [-0.3, -0.25) is 4.79 Å². The van der Waals surface area contributed by atoms with Crippen LogP contribution in [0, 0.1) is 12.7 Å². The summed E-state index contributed by atoms with van der Waals surface area (Å²) in [6, 6.07) is 12.5. The van der Waals surface area contributed by atoms with Crippen molar-refractivity contribution in [1.29, 1.82) is 0 Å². The van der Waals surface area contributed by atoms with Crippen molar-refractivity contribution in [2.75, 3.05) is 11.9 Å². The van der Waals surface area contributed by atoms with Crippen molar-refractivity contribution in [3.63, 3.8) is 0 Å². The maximum Gasteiger partial charge on any atom is 0.344 e. The van der Waals surface area contributed by atoms with Crippen LogP contribution >= 0.6 is 11.6 Å². The largest absolute Gasteiger partial charge is 0.452 e. The van der Waals surface area contributed by atoms with Crippen LogP contribution in [0.1, 0.15) is 16.1 Å². The van der Waals surface area contributed by atoms with Gasteiger partial charge in [0.1, 0.15) is 22.8 Å². The van der Waals surface area contributed by atoms with Crippen molar-refractivity contribution >= 4 is 29.2 Å². The van der Waals surface area contributed by atoms with E-state index in [0.717, 1.165) is 12.1 Å². The molecule has 27 heavy (non-hydrogen) atoms. The third-order valence-electron chi connectivity index (χ3n) is 3.65. The molecule has 0 aliphatic heterocycles. The number of esters is 1. The van der Waals surface area contributed by atoms with Gasteiger partial charge in [-0.05, 0) is 25.1 Å². The number of carbonyl (C=O) groups is 2. The van der Waals surface area contributed by atoms with E-state index in [9.17, 15) is 14.0 Å². The van der Waals surface area contributed by atoms with Crippen LogP contribution in [0.15, 0.2) is 53.1 Å². The van der Waals surface area contributed by atoms with E-state index >= 15 is 0 Å². The highest BCUT2D eigenvalue weighted by atomic mass is 35.5. The lowest BCUT2D eigenvalue weighted by molar-refractivity contribution is -0.119. The number of benzene rings is 2. The van der Waals surface area contributed by atoms with Crippen molar-refractivity contribution in [3.8, 4) is 11.3 Å². The highest BCUT2D eigenvalue weighted by Crippen LogP contribution is 2.26. The molecule has 3 aromatic rings. The van der Waals surface area contributed by atoms with Gasteiger partial charge in [0, 0.05) is 5.56 Å². The summed E-state index contributed by atoms with van der Waals surface area (Å²) in [6.45, 7) is 1.03. The Bertz CT molecular complexity index is 989. The lowest BCUT2D eigenvalue weighted by Crippen LogP contribution is -2.21. The van der Waals surface area contributed by atoms with Crippen LogP contribution in [0.3, 0.4) is 0 Å². The summed E-state index contributed by atoms with van der Waals surface area (Å²) in [5, 5.41) is 6.38. The number of hydrogen-bond donors (Lipinski definition) is 1. The highest BCUT2D eigenvalue weighted by molar-refractivity contribution is 6.33. The molecule has 0 saturated carbocycles. The molecule has 1 heterocycles. The van der Waals surface area contributed by atoms with Gasteiger partial charge in [0.05, 0.1) is 10.7 Å². The Kier molecular flexibility index (Phi) is 5.52. The third-order valence-corrected chi connectivity index (χ3v) is 3.97. The van der Waals surface area contributed by atoms with E-state index in [1.54, 1.807) is 31.2 Å². The molecule has 8 heteroatoms. The number of halogens is 2. The molecule has 1 aromatic heterocycles. The molecule has 0 aliphatic carbocycles. The first-order valence-corrected chi connectivity index (χ1v) is 8.27. The number of nitrogens with zero attached hydrogens (tertiary/aromatic N) is 1. The molecule has 0 aliphatic rings. The molecular formula is C19H14ClFN2O4. The molecule has 0 radical (unpaired) electrons. The number of ether oxygens (including phenoxy) is 1. The zero-order chi connectivity index (χ0) is 19.4. The predicted molar refractivity (Wildman–Crippen MR) is 97.0 cm³/mol. The molecule has 2 aromatic carbocycles. The molecule has 1 amide bonds. The minimum Gasteiger partial charge on any atom is -0.452 e. The predicted octanol–water partition coefficient (Wildman–Crippen LogP) is 4.24. The maximum atomic E-state index is 13.0. The number of aromatic nitrogens is 1. The molecule has 0 unspecified atom stereocenters. The topological polar surface area (TPSA) is 81.4 Å². The van der Waals surface area contributed by atoms with Gasteiger partial charge in [-0.25, -0.2) is 9.18 Å². The number of hydrogen-bond acceptors (Lipinski definition) is 5. The van der Waals surface area contributed by atoms with Crippen molar-refractivity contribution < 1.29 is 23.2 Å². The third kappa shape index (κ3) is 4.32. The molecule has 0 bridgehead atoms. The SMILES string of the molecule is Cc1onc(-c2ccccc2)c1C(=O)OCC(=O)Nc1ccc(F)cc1Cl. The normalized spacial score (nSPS) is 10.5. The minimum absolute atomic E-state index is 0.0379. The van der Waals surface area contributed by atoms with Gasteiger partial charge in [0.2, 0.25) is 0 Å². The molecule has 0 spiro atoms. The van der Waals surface area contributed by atoms with Crippen LogP contribution in [0.4, 0.5) is 10.1 Å². The Morgan fingerprint density at radius 3 is 2.67 bits per heavy atom. The average molecular weight is 389 g/mol. The van der Waals surface area contributed by atoms with Crippen LogP contribution in [0.5, 0.6) is 0 Å². The Hall–Kier alpha value is -3.19. The Labute approximate surface area is 158 Å². The number of amides is 1. The van der Waals surface area contributed by atoms with E-state index in [-0.39, 0.29) is 22.0 Å². The van der Waals surface area contributed by atoms with E-state index < -0.39 is 24.3 Å². The lowest BCUT2D eigenvalue weighted by Gasteiger charge is -2.08. The average Bonchev–Trinajstić information content (AvgIpc) is 3.04. The van der Waals surface area contributed by atoms with Gasteiger partial charge in [0.25, 0.3) is 5.91 Å². The second-order valence-electron chi connectivity index (χ2n) is 5.58. The van der Waals surface area contributed by atoms with E-state index in [2.05, 4.69) is 10.5 Å². The van der Waals surface area contributed by atoms with Crippen molar-refractivity contribution in [2.45, 2.75) is 6.92 Å². The monoisotopic (exact) mass is 388 g/mol. The number of nitrogens with one attached hydrogen (secondary N) is 1. The molecule has 1 N–H and O–H groups in total. The van der Waals surface area contributed by atoms with E-state index in [4.69, 9.17) is 20.9 Å². The highest BCUT2D eigenvalue weighted by Gasteiger charge is 2.23. The Morgan fingerprint density at radius 1 is 1.22 bits per heavy atom. The molecule has 0 atom stereocenters. The molecule has 3 rings (SSSR count). The summed E-state index contributed by atoms with van der Waals surface area (Å²) in [5.41, 5.74) is 1.38. The summed E-state index contributed by atoms with van der Waals surface area (Å²) in [5.74, 6) is -1.61. The van der Waals surface area contributed by atoms with Gasteiger partial charge in [0.15, 0.2) is 6.61 Å². The van der Waals surface area contributed by atoms with Crippen molar-refractivity contribution in [2.24, 2.45) is 0 Å². The summed E-state index contributed by atoms with van der Waals surface area (Å²) in [4.78, 5) is 24.4. The van der Waals surface area contributed by atoms with Gasteiger partial charge < -0.3 is 14.6 Å². The van der Waals surface area contributed by atoms with Crippen LogP contribution in [0.25, 0.3) is 11.3 Å². The van der Waals surface area contributed by atoms with Crippen LogP contribution in [0.2, 0.25) is 5.02 Å². The maximum absolute atomic E-state index is 13.0. The van der Waals surface area contributed by atoms with Gasteiger partial charge in [-0.1, -0.05) is 47.1 Å². The minimum atomic E-state index is -0.743. The summed E-state index contributed by atoms with van der Waals surface area (Å²) in [7, 11) is 0. The molecule has 138 valence electrons. The van der Waals surface area contributed by atoms with Crippen molar-refractivity contribution in [1.82, 2.24) is 5.16 Å². The zero-order valence-electron chi connectivity index (χ0n) is 14.2. The zero-order valence-corrected chi connectivity index (χ0v) is 14.9. The number of rotatable bonds is 5. The first-order valence-electron chi connectivity index (χ1n) is 7.89. The van der Waals surface area contributed by atoms with E-state index in [1.165, 1.54) is 6.07 Å². The quantitative estimate of drug-likeness (QED) is 0.661. The summed E-state index contributed by atoms with van der Waals surface area (Å²) < 4.78 is 23.2. The van der Waals surface area contributed by atoms with E-state index in [0.29, 0.717) is 11.3 Å². The Balaban J connectivity index is 1.68. The van der Waals surface area contributed by atoms with Gasteiger partial charge in [-0.15, -0.1) is 0 Å². The summed E-state index contributed by atoms with van der Waals surface area (Å²) in [6.07, 6.45) is 0. The lowest BCUT2D eigenvalue weighted by atomic mass is 10.1. The second-order valence-corrected chi connectivity index (χ2v) is 5.98. The molecule has 0 fully saturated rings. The fraction of sp³-hybridized carbons (Fsp3) is 0.105. The first-order chi connectivity index (χ1) is 13.0. The number of aryl methyl sites for hydroxylation is 1. The van der Waals surface area contributed by atoms with E-state index in [1.807, 2.05) is 6.07 Å². The standard InChI is InChI=1S/C19H14ClFN2O4/c1-11-17(18(23-27-11)12-5-3-2-4-6-12)19(25)26-10-16(24)22-15-8-7-13(21)9-14(15)20/h2-9H,10H2,1H3,(H,22,24). The smallest absolute Gasteiger partial charge is 0.344 e. The molecular weight excluding hydrogens is 375 g/mol. The molecule has 6 nitrogen and oxygen atoms in total. The number of anilines is 1. The molecule has 0 saturated heterocycles. The fourth-order valence-corrected chi connectivity index (χ4v) is 2.60. The van der Waals surface area contributed by atoms with Crippen molar-refractivity contribution in [3.05, 3.63) is 70.7 Å². The number of carbonyl (C=O) groups excluding carboxylic acids is 2. The van der Waals surface area contributed by atoms with Gasteiger partial charge in [-0.2, -0.15) is 0 Å². The van der Waals surface area contributed by atoms with Crippen LogP contribution in [-0.4, -0.2) is 23.6 Å². The van der Waals surface area contributed by atoms with Crippen LogP contribution < -0.4 is 5.32 Å². The van der Waals surface area contributed by atoms with Gasteiger partial charge >= 0.3 is 5.97 Å². The Morgan fingerprint density at radius 2 is 1.96 bits per heavy atom. The first kappa shape index (κ1) is 18.6. The second kappa shape index (κ2) is 8.01.